The SMILES string of the molecule is CCN(C)Cc1cccc(CNc2cc(C)nc3ncnn23)c1. The summed E-state index contributed by atoms with van der Waals surface area (Å²) in [6.45, 7) is 6.87. The molecule has 2 heterocycles. The van der Waals surface area contributed by atoms with Crippen LogP contribution in [0.1, 0.15) is 23.7 Å². The van der Waals surface area contributed by atoms with Crippen molar-refractivity contribution in [1.82, 2.24) is 24.5 Å². The van der Waals surface area contributed by atoms with Crippen LogP contribution >= 0.6 is 0 Å². The zero-order valence-corrected chi connectivity index (χ0v) is 13.8. The fraction of sp³-hybridized carbons (Fsp3) is 0.353. The number of nitrogens with one attached hydrogen (secondary N) is 1. The Kier molecular flexibility index (Phi) is 4.52. The Morgan fingerprint density at radius 3 is 2.87 bits per heavy atom. The van der Waals surface area contributed by atoms with E-state index < -0.39 is 0 Å². The molecule has 2 aromatic heterocycles. The quantitative estimate of drug-likeness (QED) is 0.758. The van der Waals surface area contributed by atoms with Gasteiger partial charge in [0.25, 0.3) is 5.78 Å². The van der Waals surface area contributed by atoms with Gasteiger partial charge in [0.05, 0.1) is 0 Å². The van der Waals surface area contributed by atoms with E-state index in [-0.39, 0.29) is 0 Å². The normalized spacial score (nSPS) is 11.3. The van der Waals surface area contributed by atoms with E-state index in [1.807, 2.05) is 13.0 Å². The Balaban J connectivity index is 1.75. The summed E-state index contributed by atoms with van der Waals surface area (Å²) in [5.74, 6) is 1.52. The van der Waals surface area contributed by atoms with Gasteiger partial charge >= 0.3 is 0 Å². The minimum Gasteiger partial charge on any atom is -0.366 e. The van der Waals surface area contributed by atoms with Crippen LogP contribution in [-0.4, -0.2) is 38.1 Å². The second-order valence-corrected chi connectivity index (χ2v) is 5.76. The number of rotatable bonds is 6. The van der Waals surface area contributed by atoms with Gasteiger partial charge < -0.3 is 10.2 Å². The molecule has 3 aromatic rings. The van der Waals surface area contributed by atoms with Crippen molar-refractivity contribution in [3.05, 3.63) is 53.5 Å². The highest BCUT2D eigenvalue weighted by atomic mass is 15.3. The fourth-order valence-corrected chi connectivity index (χ4v) is 2.51. The number of anilines is 1. The standard InChI is InChI=1S/C17H22N6/c1-4-22(3)11-15-7-5-6-14(9-15)10-18-16-8-13(2)21-17-19-12-20-23(16)17/h5-9,12,18H,4,10-11H2,1-3H3. The molecule has 0 atom stereocenters. The first kappa shape index (κ1) is 15.4. The van der Waals surface area contributed by atoms with Crippen LogP contribution in [0.4, 0.5) is 5.82 Å². The van der Waals surface area contributed by atoms with E-state index in [0.717, 1.165) is 31.1 Å². The predicted molar refractivity (Wildman–Crippen MR) is 91.3 cm³/mol. The molecule has 1 N–H and O–H groups in total. The summed E-state index contributed by atoms with van der Waals surface area (Å²) in [6, 6.07) is 10.6. The number of benzene rings is 1. The molecule has 0 saturated carbocycles. The maximum absolute atomic E-state index is 4.35. The predicted octanol–water partition coefficient (Wildman–Crippen LogP) is 2.50. The van der Waals surface area contributed by atoms with Crippen LogP contribution < -0.4 is 5.32 Å². The summed E-state index contributed by atoms with van der Waals surface area (Å²) in [6.07, 6.45) is 1.52. The number of nitrogens with zero attached hydrogens (tertiary/aromatic N) is 5. The van der Waals surface area contributed by atoms with Crippen molar-refractivity contribution >= 4 is 11.6 Å². The van der Waals surface area contributed by atoms with Crippen molar-refractivity contribution in [2.24, 2.45) is 0 Å². The molecule has 0 radical (unpaired) electrons. The summed E-state index contributed by atoms with van der Waals surface area (Å²) >= 11 is 0. The van der Waals surface area contributed by atoms with Crippen LogP contribution in [-0.2, 0) is 13.1 Å². The lowest BCUT2D eigenvalue weighted by molar-refractivity contribution is 0.345. The maximum Gasteiger partial charge on any atom is 0.254 e. The van der Waals surface area contributed by atoms with Gasteiger partial charge in [0.15, 0.2) is 0 Å². The van der Waals surface area contributed by atoms with Crippen LogP contribution in [0.3, 0.4) is 0 Å². The van der Waals surface area contributed by atoms with Crippen molar-refractivity contribution in [2.45, 2.75) is 26.9 Å². The fourth-order valence-electron chi connectivity index (χ4n) is 2.51. The lowest BCUT2D eigenvalue weighted by atomic mass is 10.1. The van der Waals surface area contributed by atoms with E-state index in [1.165, 1.54) is 17.5 Å². The first-order valence-corrected chi connectivity index (χ1v) is 7.83. The molecule has 0 aliphatic carbocycles. The number of hydrogen-bond donors (Lipinski definition) is 1. The first-order valence-electron chi connectivity index (χ1n) is 7.83. The highest BCUT2D eigenvalue weighted by Gasteiger charge is 2.06. The Hall–Kier alpha value is -2.47. The van der Waals surface area contributed by atoms with Crippen molar-refractivity contribution in [2.75, 3.05) is 18.9 Å². The monoisotopic (exact) mass is 310 g/mol. The molecule has 0 saturated heterocycles. The van der Waals surface area contributed by atoms with Gasteiger partial charge in [-0.3, -0.25) is 0 Å². The molecule has 0 fully saturated rings. The van der Waals surface area contributed by atoms with Gasteiger partial charge in [-0.1, -0.05) is 31.2 Å². The van der Waals surface area contributed by atoms with E-state index >= 15 is 0 Å². The van der Waals surface area contributed by atoms with Gasteiger partial charge in [-0.25, -0.2) is 4.98 Å². The number of aromatic nitrogens is 4. The molecule has 0 unspecified atom stereocenters. The Morgan fingerprint density at radius 2 is 2.04 bits per heavy atom. The van der Waals surface area contributed by atoms with Crippen LogP contribution in [0.5, 0.6) is 0 Å². The number of hydrogen-bond acceptors (Lipinski definition) is 5. The van der Waals surface area contributed by atoms with E-state index in [0.29, 0.717) is 5.78 Å². The van der Waals surface area contributed by atoms with E-state index in [2.05, 4.69) is 63.5 Å². The summed E-state index contributed by atoms with van der Waals surface area (Å²) in [4.78, 5) is 10.8. The molecule has 1 aromatic carbocycles. The molecule has 23 heavy (non-hydrogen) atoms. The molecular weight excluding hydrogens is 288 g/mol. The van der Waals surface area contributed by atoms with Crippen molar-refractivity contribution in [1.29, 1.82) is 0 Å². The van der Waals surface area contributed by atoms with Crippen LogP contribution in [0.15, 0.2) is 36.7 Å². The van der Waals surface area contributed by atoms with Crippen LogP contribution in [0.2, 0.25) is 0 Å². The molecule has 6 heteroatoms. The van der Waals surface area contributed by atoms with Gasteiger partial charge in [0, 0.05) is 24.8 Å². The topological polar surface area (TPSA) is 58.3 Å². The zero-order valence-electron chi connectivity index (χ0n) is 13.8. The minimum atomic E-state index is 0.617. The Morgan fingerprint density at radius 1 is 1.22 bits per heavy atom. The lowest BCUT2D eigenvalue weighted by Crippen LogP contribution is -2.16. The second-order valence-electron chi connectivity index (χ2n) is 5.76. The summed E-state index contributed by atoms with van der Waals surface area (Å²) in [5.41, 5.74) is 3.49. The van der Waals surface area contributed by atoms with Gasteiger partial charge in [-0.15, -0.1) is 0 Å². The summed E-state index contributed by atoms with van der Waals surface area (Å²) in [5, 5.41) is 7.65. The number of fused-ring (bicyclic) bond motifs is 1. The molecule has 3 rings (SSSR count). The third-order valence-corrected chi connectivity index (χ3v) is 3.84. The summed E-state index contributed by atoms with van der Waals surface area (Å²) in [7, 11) is 2.13. The molecule has 0 spiro atoms. The van der Waals surface area contributed by atoms with Crippen molar-refractivity contribution in [3.8, 4) is 0 Å². The van der Waals surface area contributed by atoms with Crippen molar-refractivity contribution < 1.29 is 0 Å². The Labute approximate surface area is 136 Å². The molecule has 0 amide bonds. The van der Waals surface area contributed by atoms with E-state index in [4.69, 9.17) is 0 Å². The Bertz CT molecular complexity index is 795. The smallest absolute Gasteiger partial charge is 0.254 e. The molecule has 0 bridgehead atoms. The average molecular weight is 310 g/mol. The largest absolute Gasteiger partial charge is 0.366 e. The molecule has 120 valence electrons. The average Bonchev–Trinajstić information content (AvgIpc) is 3.01. The molecular formula is C17H22N6. The molecule has 0 aliphatic heterocycles. The van der Waals surface area contributed by atoms with E-state index in [9.17, 15) is 0 Å². The van der Waals surface area contributed by atoms with Gasteiger partial charge in [0.2, 0.25) is 0 Å². The highest BCUT2D eigenvalue weighted by Crippen LogP contribution is 2.13. The molecule has 0 aliphatic rings. The third-order valence-electron chi connectivity index (χ3n) is 3.84. The van der Waals surface area contributed by atoms with Gasteiger partial charge in [-0.2, -0.15) is 14.6 Å². The van der Waals surface area contributed by atoms with Crippen LogP contribution in [0, 0.1) is 6.92 Å². The third kappa shape index (κ3) is 3.65. The number of aryl methyl sites for hydroxylation is 1. The van der Waals surface area contributed by atoms with E-state index in [1.54, 1.807) is 4.52 Å². The van der Waals surface area contributed by atoms with Gasteiger partial charge in [0.1, 0.15) is 12.1 Å². The first-order chi connectivity index (χ1) is 11.2. The van der Waals surface area contributed by atoms with Crippen LogP contribution in [0.25, 0.3) is 5.78 Å². The highest BCUT2D eigenvalue weighted by molar-refractivity contribution is 5.45. The van der Waals surface area contributed by atoms with Gasteiger partial charge in [-0.05, 0) is 31.6 Å². The zero-order chi connectivity index (χ0) is 16.2. The summed E-state index contributed by atoms with van der Waals surface area (Å²) < 4.78 is 1.72. The maximum atomic E-state index is 4.35. The lowest BCUT2D eigenvalue weighted by Gasteiger charge is -2.15. The second kappa shape index (κ2) is 6.75. The van der Waals surface area contributed by atoms with Crippen molar-refractivity contribution in [3.63, 3.8) is 0 Å². The molecule has 6 nitrogen and oxygen atoms in total. The minimum absolute atomic E-state index is 0.617.